The summed E-state index contributed by atoms with van der Waals surface area (Å²) in [4.78, 5) is 21.9. The van der Waals surface area contributed by atoms with E-state index < -0.39 is 11.8 Å². The van der Waals surface area contributed by atoms with Crippen molar-refractivity contribution in [3.05, 3.63) is 66.0 Å². The smallest absolute Gasteiger partial charge is 0.323 e. The molecule has 9 nitrogen and oxygen atoms in total. The van der Waals surface area contributed by atoms with E-state index in [0.29, 0.717) is 24.6 Å². The van der Waals surface area contributed by atoms with E-state index in [4.69, 9.17) is 9.47 Å². The third-order valence-electron chi connectivity index (χ3n) is 5.56. The summed E-state index contributed by atoms with van der Waals surface area (Å²) in [6.45, 7) is 2.07. The minimum absolute atomic E-state index is 0.0507. The third kappa shape index (κ3) is 5.38. The number of aromatic nitrogens is 3. The van der Waals surface area contributed by atoms with Crippen LogP contribution in [0.4, 0.5) is 14.9 Å². The van der Waals surface area contributed by atoms with Crippen molar-refractivity contribution < 1.29 is 18.7 Å². The molecular formula is C25H25FN6O3S. The molecule has 0 aliphatic heterocycles. The van der Waals surface area contributed by atoms with Gasteiger partial charge in [0.05, 0.1) is 33.6 Å². The molecule has 0 spiro atoms. The van der Waals surface area contributed by atoms with Crippen LogP contribution in [0.15, 0.2) is 54.5 Å². The molecule has 3 N–H and O–H groups in total. The number of anilines is 1. The molecule has 0 bridgehead atoms. The number of imidazole rings is 1. The Balaban J connectivity index is 1.33. The van der Waals surface area contributed by atoms with Crippen LogP contribution in [0.25, 0.3) is 20.9 Å². The largest absolute Gasteiger partial charge is 0.453 e. The lowest BCUT2D eigenvalue weighted by Crippen LogP contribution is -2.25. The van der Waals surface area contributed by atoms with Crippen molar-refractivity contribution in [1.29, 1.82) is 0 Å². The molecule has 0 fully saturated rings. The number of hydrogen-bond acceptors (Lipinski definition) is 7. The zero-order valence-corrected chi connectivity index (χ0v) is 20.6. The van der Waals surface area contributed by atoms with E-state index in [0.717, 1.165) is 45.3 Å². The molecule has 11 heteroatoms. The molecule has 3 heterocycles. The minimum atomic E-state index is -0.588. The second-order valence-corrected chi connectivity index (χ2v) is 9.25. The normalized spacial score (nSPS) is 12.5. The van der Waals surface area contributed by atoms with E-state index in [1.807, 2.05) is 30.0 Å². The van der Waals surface area contributed by atoms with Gasteiger partial charge in [0.2, 0.25) is 0 Å². The predicted molar refractivity (Wildman–Crippen MR) is 137 cm³/mol. The number of hydrogen-bond donors (Lipinski definition) is 3. The maximum atomic E-state index is 14.8. The first-order valence-electron chi connectivity index (χ1n) is 11.4. The molecular weight excluding hydrogens is 483 g/mol. The highest BCUT2D eigenvalue weighted by molar-refractivity contribution is 7.22. The Morgan fingerprint density at radius 2 is 2.06 bits per heavy atom. The van der Waals surface area contributed by atoms with Gasteiger partial charge in [-0.05, 0) is 18.2 Å². The van der Waals surface area contributed by atoms with E-state index in [1.54, 1.807) is 25.4 Å². The second kappa shape index (κ2) is 10.4. The summed E-state index contributed by atoms with van der Waals surface area (Å²) in [6.07, 6.45) is 6.13. The molecule has 186 valence electrons. The number of allylic oxidation sites excluding steroid dienone is 2. The van der Waals surface area contributed by atoms with Gasteiger partial charge >= 0.3 is 6.03 Å². The Kier molecular flexibility index (Phi) is 6.94. The van der Waals surface area contributed by atoms with Crippen LogP contribution in [0, 0.1) is 5.82 Å². The highest BCUT2D eigenvalue weighted by atomic mass is 32.1. The van der Waals surface area contributed by atoms with Gasteiger partial charge in [-0.1, -0.05) is 6.08 Å². The molecule has 5 rings (SSSR count). The zero-order chi connectivity index (χ0) is 25.1. The van der Waals surface area contributed by atoms with Crippen LogP contribution < -0.4 is 20.7 Å². The van der Waals surface area contributed by atoms with E-state index in [2.05, 4.69) is 25.9 Å². The van der Waals surface area contributed by atoms with Gasteiger partial charge in [0, 0.05) is 63.4 Å². The quantitative estimate of drug-likeness (QED) is 0.267. The van der Waals surface area contributed by atoms with Crippen molar-refractivity contribution in [2.75, 3.05) is 25.6 Å². The number of methoxy groups -OCH3 is 1. The zero-order valence-electron chi connectivity index (χ0n) is 19.8. The van der Waals surface area contributed by atoms with Crippen molar-refractivity contribution in [1.82, 2.24) is 25.2 Å². The second-order valence-electron chi connectivity index (χ2n) is 8.20. The van der Waals surface area contributed by atoms with Crippen LogP contribution in [-0.4, -0.2) is 40.8 Å². The number of thiophene rings is 1. The van der Waals surface area contributed by atoms with Gasteiger partial charge in [-0.3, -0.25) is 4.98 Å². The number of carbonyl (C=O) groups is 1. The topological polar surface area (TPSA) is 102 Å². The van der Waals surface area contributed by atoms with Crippen LogP contribution in [0.1, 0.15) is 12.1 Å². The first-order valence-corrected chi connectivity index (χ1v) is 12.2. The van der Waals surface area contributed by atoms with E-state index in [9.17, 15) is 9.18 Å². The van der Waals surface area contributed by atoms with Crippen LogP contribution in [0.3, 0.4) is 0 Å². The molecule has 2 amide bonds. The first-order chi connectivity index (χ1) is 17.5. The van der Waals surface area contributed by atoms with Crippen molar-refractivity contribution in [3.63, 3.8) is 0 Å². The van der Waals surface area contributed by atoms with Gasteiger partial charge in [0.15, 0.2) is 11.6 Å². The van der Waals surface area contributed by atoms with E-state index in [1.165, 1.54) is 23.5 Å². The minimum Gasteiger partial charge on any atom is -0.453 e. The number of rotatable bonds is 10. The number of nitrogens with zero attached hydrogens (tertiary/aromatic N) is 3. The Labute approximate surface area is 211 Å². The number of pyridine rings is 1. The fourth-order valence-corrected chi connectivity index (χ4v) is 4.67. The van der Waals surface area contributed by atoms with Crippen LogP contribution in [0.2, 0.25) is 0 Å². The Morgan fingerprint density at radius 3 is 2.83 bits per heavy atom. The van der Waals surface area contributed by atoms with E-state index >= 15 is 0 Å². The predicted octanol–water partition coefficient (Wildman–Crippen LogP) is 4.77. The molecule has 0 unspecified atom stereocenters. The van der Waals surface area contributed by atoms with Gasteiger partial charge < -0.3 is 30.0 Å². The summed E-state index contributed by atoms with van der Waals surface area (Å²) in [5.74, 6) is 0.767. The lowest BCUT2D eigenvalue weighted by atomic mass is 10.3. The molecule has 3 aromatic heterocycles. The molecule has 0 saturated heterocycles. The summed E-state index contributed by atoms with van der Waals surface area (Å²) >= 11 is 1.48. The van der Waals surface area contributed by atoms with Crippen LogP contribution in [-0.2, 0) is 18.3 Å². The SMILES string of the molecule is COCCNCc1cnc(-c2cc3nccc(Oc4ccc(NC(=O)NC5=CC5)cc4F)c3s2)n1C. The van der Waals surface area contributed by atoms with Crippen molar-refractivity contribution in [2.45, 2.75) is 13.0 Å². The summed E-state index contributed by atoms with van der Waals surface area (Å²) in [7, 11) is 3.64. The van der Waals surface area contributed by atoms with Gasteiger partial charge in [0.25, 0.3) is 0 Å². The lowest BCUT2D eigenvalue weighted by molar-refractivity contribution is 0.199. The van der Waals surface area contributed by atoms with Gasteiger partial charge in [0.1, 0.15) is 11.6 Å². The average molecular weight is 509 g/mol. The monoisotopic (exact) mass is 508 g/mol. The maximum Gasteiger partial charge on any atom is 0.323 e. The summed E-state index contributed by atoms with van der Waals surface area (Å²) < 4.78 is 28.6. The molecule has 0 atom stereocenters. The molecule has 0 radical (unpaired) electrons. The lowest BCUT2D eigenvalue weighted by Gasteiger charge is -2.10. The summed E-state index contributed by atoms with van der Waals surface area (Å²) in [5.41, 5.74) is 2.96. The number of halogens is 1. The Morgan fingerprint density at radius 1 is 1.19 bits per heavy atom. The van der Waals surface area contributed by atoms with E-state index in [-0.39, 0.29) is 5.75 Å². The first kappa shape index (κ1) is 23.9. The summed E-state index contributed by atoms with van der Waals surface area (Å²) in [6, 6.07) is 7.56. The number of fused-ring (bicyclic) bond motifs is 1. The van der Waals surface area contributed by atoms with Crippen LogP contribution >= 0.6 is 11.3 Å². The molecule has 1 aliphatic carbocycles. The third-order valence-corrected chi connectivity index (χ3v) is 6.70. The van der Waals surface area contributed by atoms with Gasteiger partial charge in [-0.15, -0.1) is 11.3 Å². The maximum absolute atomic E-state index is 14.8. The summed E-state index contributed by atoms with van der Waals surface area (Å²) in [5, 5.41) is 8.60. The number of urea groups is 1. The van der Waals surface area contributed by atoms with Gasteiger partial charge in [-0.25, -0.2) is 14.2 Å². The Hall–Kier alpha value is -3.80. The molecule has 4 aromatic rings. The number of ether oxygens (including phenoxy) is 2. The average Bonchev–Trinajstić information content (AvgIpc) is 3.43. The van der Waals surface area contributed by atoms with Crippen LogP contribution in [0.5, 0.6) is 11.5 Å². The molecule has 1 aromatic carbocycles. The number of nitrogens with one attached hydrogen (secondary N) is 3. The molecule has 36 heavy (non-hydrogen) atoms. The van der Waals surface area contributed by atoms with Crippen molar-refractivity contribution in [3.8, 4) is 22.2 Å². The number of carbonyl (C=O) groups excluding carboxylic acids is 1. The highest BCUT2D eigenvalue weighted by Crippen LogP contribution is 2.39. The number of benzene rings is 1. The van der Waals surface area contributed by atoms with Gasteiger partial charge in [-0.2, -0.15) is 0 Å². The van der Waals surface area contributed by atoms with Crippen molar-refractivity contribution in [2.24, 2.45) is 7.05 Å². The fraction of sp³-hybridized carbons (Fsp3) is 0.240. The Bertz CT molecular complexity index is 1450. The molecule has 1 aliphatic rings. The molecule has 0 saturated carbocycles. The fourth-order valence-electron chi connectivity index (χ4n) is 3.58. The highest BCUT2D eigenvalue weighted by Gasteiger charge is 2.17. The number of amides is 2. The standard InChI is InChI=1S/C25H25FN6O3S/c1-32-17(13-27-9-10-34-2)14-29-24(32)22-12-19-23(36-22)21(7-8-28-19)35-20-6-5-16(11-18(20)26)31-25(33)30-15-3-4-15/h3,5-8,11-12,14,27H,4,9-10,13H2,1-2H3,(H2,30,31,33). The van der Waals surface area contributed by atoms with Crippen molar-refractivity contribution >= 4 is 33.3 Å².